The number of azo groups is 2. The first-order valence-electron chi connectivity index (χ1n) is 11.2. The van der Waals surface area contributed by atoms with Gasteiger partial charge >= 0.3 is 6.03 Å². The molecule has 4 rings (SSSR count). The Labute approximate surface area is 252 Å². The van der Waals surface area contributed by atoms with Gasteiger partial charge in [-0.25, -0.2) is 4.79 Å². The second kappa shape index (κ2) is 12.7. The largest absolute Gasteiger partial charge is 0.351 e. The number of amides is 2. The van der Waals surface area contributed by atoms with Gasteiger partial charge in [0.2, 0.25) is 16.5 Å². The fraction of sp³-hybridized carbons (Fsp3) is 0. The summed E-state index contributed by atoms with van der Waals surface area (Å²) in [5.74, 6) is -0.00504. The minimum atomic E-state index is -4.83. The minimum Gasteiger partial charge on any atom is -0.351 e. The van der Waals surface area contributed by atoms with Gasteiger partial charge in [-0.05, 0) is 83.9 Å². The smallest absolute Gasteiger partial charge is 0.316 e. The molecular formula is C22H16Cl2N10O7S2. The fourth-order valence-electron chi connectivity index (χ4n) is 3.21. The number of urea groups is 1. The van der Waals surface area contributed by atoms with E-state index in [0.29, 0.717) is 5.69 Å². The molecule has 1 heterocycles. The predicted octanol–water partition coefficient (Wildman–Crippen LogP) is 5.74. The van der Waals surface area contributed by atoms with E-state index in [-0.39, 0.29) is 49.8 Å². The van der Waals surface area contributed by atoms with Crippen LogP contribution in [0, 0.1) is 0 Å². The molecule has 222 valence electrons. The van der Waals surface area contributed by atoms with E-state index in [9.17, 15) is 26.2 Å². The second-order valence-electron chi connectivity index (χ2n) is 8.04. The lowest BCUT2D eigenvalue weighted by Gasteiger charge is -2.10. The van der Waals surface area contributed by atoms with Crippen LogP contribution >= 0.6 is 23.2 Å². The number of nitrogens with one attached hydrogen (secondary N) is 2. The zero-order valence-electron chi connectivity index (χ0n) is 21.0. The molecule has 0 unspecified atom stereocenters. The Morgan fingerprint density at radius 2 is 1.33 bits per heavy atom. The highest BCUT2D eigenvalue weighted by Crippen LogP contribution is 2.34. The van der Waals surface area contributed by atoms with Crippen molar-refractivity contribution in [2.24, 2.45) is 26.2 Å². The Kier molecular flexibility index (Phi) is 9.23. The lowest BCUT2D eigenvalue weighted by Crippen LogP contribution is -2.19. The van der Waals surface area contributed by atoms with Crippen LogP contribution in [0.4, 0.5) is 44.9 Å². The monoisotopic (exact) mass is 666 g/mol. The van der Waals surface area contributed by atoms with Crippen LogP contribution in [0.15, 0.2) is 90.9 Å². The van der Waals surface area contributed by atoms with Crippen molar-refractivity contribution in [3.8, 4) is 0 Å². The van der Waals surface area contributed by atoms with E-state index in [4.69, 9.17) is 33.5 Å². The first kappa shape index (κ1) is 31.3. The molecule has 4 aromatic rings. The Balaban J connectivity index is 1.63. The Hall–Kier alpha value is -4.66. The zero-order valence-corrected chi connectivity index (χ0v) is 24.1. The average molecular weight is 667 g/mol. The van der Waals surface area contributed by atoms with E-state index in [1.807, 2.05) is 0 Å². The fourth-order valence-corrected chi connectivity index (χ4v) is 4.69. The summed E-state index contributed by atoms with van der Waals surface area (Å²) in [6, 6.07) is 11.5. The number of carbonyl (C=O) groups is 1. The zero-order chi connectivity index (χ0) is 31.4. The van der Waals surface area contributed by atoms with Gasteiger partial charge in [-0.3, -0.25) is 9.11 Å². The van der Waals surface area contributed by atoms with E-state index in [0.717, 1.165) is 18.2 Å². The van der Waals surface area contributed by atoms with Crippen LogP contribution in [0.2, 0.25) is 10.6 Å². The number of hydrogen-bond acceptors (Lipinski definition) is 13. The average Bonchev–Trinajstić information content (AvgIpc) is 2.90. The van der Waals surface area contributed by atoms with Crippen LogP contribution in [0.25, 0.3) is 0 Å². The number of hydrogen-bond donors (Lipinski definition) is 5. The van der Waals surface area contributed by atoms with Crippen molar-refractivity contribution in [1.29, 1.82) is 0 Å². The van der Waals surface area contributed by atoms with Crippen molar-refractivity contribution >= 4 is 89.5 Å². The van der Waals surface area contributed by atoms with Gasteiger partial charge in [0, 0.05) is 5.69 Å². The molecule has 2 amide bonds. The van der Waals surface area contributed by atoms with Gasteiger partial charge < -0.3 is 16.4 Å². The number of benzene rings is 3. The topological polar surface area (TPSA) is 264 Å². The summed E-state index contributed by atoms with van der Waals surface area (Å²) in [7, 11) is -9.23. The first-order valence-corrected chi connectivity index (χ1v) is 14.9. The number of aromatic nitrogens is 3. The molecule has 0 aliphatic heterocycles. The number of anilines is 3. The molecule has 0 aliphatic carbocycles. The van der Waals surface area contributed by atoms with Crippen molar-refractivity contribution in [3.63, 3.8) is 0 Å². The quantitative estimate of drug-likeness (QED) is 0.106. The van der Waals surface area contributed by atoms with Gasteiger partial charge in [0.05, 0.1) is 22.0 Å². The predicted molar refractivity (Wildman–Crippen MR) is 154 cm³/mol. The first-order chi connectivity index (χ1) is 20.2. The lowest BCUT2D eigenvalue weighted by molar-refractivity contribution is 0.259. The van der Waals surface area contributed by atoms with Gasteiger partial charge in [-0.2, -0.15) is 42.0 Å². The summed E-state index contributed by atoms with van der Waals surface area (Å²) in [6.45, 7) is 0. The summed E-state index contributed by atoms with van der Waals surface area (Å²) in [6.07, 6.45) is 0. The van der Waals surface area contributed by atoms with E-state index >= 15 is 0 Å². The number of halogens is 2. The van der Waals surface area contributed by atoms with Gasteiger partial charge in [0.15, 0.2) is 0 Å². The molecule has 0 fully saturated rings. The SMILES string of the molecule is NC(=O)Nc1cc(Nc2nc(Cl)nc(Cl)n2)ccc1/N=N/c1ccc(/N=N/c2ccc(S(=O)(=O)O)cc2)cc1S(=O)(=O)O. The van der Waals surface area contributed by atoms with E-state index in [1.165, 1.54) is 42.5 Å². The normalized spacial score (nSPS) is 12.1. The van der Waals surface area contributed by atoms with Crippen LogP contribution < -0.4 is 16.4 Å². The van der Waals surface area contributed by atoms with Crippen LogP contribution in [0.5, 0.6) is 0 Å². The number of primary amides is 1. The highest BCUT2D eigenvalue weighted by molar-refractivity contribution is 7.86. The third kappa shape index (κ3) is 8.67. The van der Waals surface area contributed by atoms with Crippen molar-refractivity contribution < 1.29 is 30.7 Å². The molecule has 43 heavy (non-hydrogen) atoms. The van der Waals surface area contributed by atoms with Crippen LogP contribution in [-0.4, -0.2) is 46.9 Å². The van der Waals surface area contributed by atoms with Crippen molar-refractivity contribution in [2.75, 3.05) is 10.6 Å². The van der Waals surface area contributed by atoms with Gasteiger partial charge in [0.1, 0.15) is 16.3 Å². The van der Waals surface area contributed by atoms with E-state index in [1.54, 1.807) is 0 Å². The highest BCUT2D eigenvalue weighted by atomic mass is 35.5. The summed E-state index contributed by atoms with van der Waals surface area (Å²) in [4.78, 5) is 21.9. The molecule has 6 N–H and O–H groups in total. The third-order valence-electron chi connectivity index (χ3n) is 4.99. The third-order valence-corrected chi connectivity index (χ3v) is 7.08. The molecule has 3 aromatic carbocycles. The maximum absolute atomic E-state index is 12.1. The molecule has 1 aromatic heterocycles. The van der Waals surface area contributed by atoms with Crippen LogP contribution in [-0.2, 0) is 20.2 Å². The number of nitrogens with two attached hydrogens (primary N) is 1. The van der Waals surface area contributed by atoms with Crippen LogP contribution in [0.3, 0.4) is 0 Å². The second-order valence-corrected chi connectivity index (χ2v) is 11.5. The van der Waals surface area contributed by atoms with Crippen molar-refractivity contribution in [1.82, 2.24) is 15.0 Å². The van der Waals surface area contributed by atoms with Gasteiger partial charge in [0.25, 0.3) is 20.2 Å². The maximum Gasteiger partial charge on any atom is 0.316 e. The highest BCUT2D eigenvalue weighted by Gasteiger charge is 2.17. The number of nitrogens with zero attached hydrogens (tertiary/aromatic N) is 7. The van der Waals surface area contributed by atoms with E-state index < -0.39 is 31.2 Å². The summed E-state index contributed by atoms with van der Waals surface area (Å²) in [5, 5.41) is 20.4. The summed E-state index contributed by atoms with van der Waals surface area (Å²) < 4.78 is 65.3. The van der Waals surface area contributed by atoms with Gasteiger partial charge in [-0.1, -0.05) is 0 Å². The molecule has 0 radical (unpaired) electrons. The number of rotatable bonds is 9. The molecule has 17 nitrogen and oxygen atoms in total. The molecule has 21 heteroatoms. The maximum atomic E-state index is 12.1. The van der Waals surface area contributed by atoms with Gasteiger partial charge in [-0.15, -0.1) is 10.2 Å². The lowest BCUT2D eigenvalue weighted by atomic mass is 10.2. The van der Waals surface area contributed by atoms with E-state index in [2.05, 4.69) is 46.0 Å². The Morgan fingerprint density at radius 3 is 1.93 bits per heavy atom. The standard InChI is InChI=1S/C22H16Cl2N10O7S2/c23-19-28-20(24)30-22(29-19)26-12-3-7-15(17(9-12)27-21(25)35)33-34-16-8-4-13(10-18(16)43(39,40)41)32-31-11-1-5-14(6-2-11)42(36,37)38/h1-10H,(H3,25,27,35)(H,36,37,38)(H,39,40,41)(H,26,28,29,30)/b32-31+,34-33+. The molecule has 0 bridgehead atoms. The molecule has 0 aliphatic rings. The minimum absolute atomic E-state index is 0.00504. The Bertz CT molecular complexity index is 1970. The molecule has 0 spiro atoms. The molecular weight excluding hydrogens is 651 g/mol. The molecule has 0 saturated carbocycles. The van der Waals surface area contributed by atoms with Crippen LogP contribution in [0.1, 0.15) is 0 Å². The van der Waals surface area contributed by atoms with Crippen molar-refractivity contribution in [2.45, 2.75) is 9.79 Å². The number of carbonyl (C=O) groups excluding carboxylic acids is 1. The van der Waals surface area contributed by atoms with Crippen molar-refractivity contribution in [3.05, 3.63) is 71.2 Å². The molecule has 0 saturated heterocycles. The molecule has 0 atom stereocenters. The Morgan fingerprint density at radius 1 is 0.744 bits per heavy atom. The summed E-state index contributed by atoms with van der Waals surface area (Å²) >= 11 is 11.5. The summed E-state index contributed by atoms with van der Waals surface area (Å²) in [5.41, 5.74) is 5.55.